The lowest BCUT2D eigenvalue weighted by Gasteiger charge is -2.30. The Hall–Kier alpha value is -2.23. The molecule has 132 valence electrons. The van der Waals surface area contributed by atoms with Crippen molar-refractivity contribution in [3.8, 4) is 16.5 Å². The molecule has 0 unspecified atom stereocenters. The second-order valence-electron chi connectivity index (χ2n) is 6.07. The number of halogens is 1. The van der Waals surface area contributed by atoms with Gasteiger partial charge in [0.15, 0.2) is 17.5 Å². The van der Waals surface area contributed by atoms with Gasteiger partial charge in [-0.3, -0.25) is 0 Å². The van der Waals surface area contributed by atoms with Gasteiger partial charge in [0, 0.05) is 36.5 Å². The van der Waals surface area contributed by atoms with Crippen LogP contribution in [0, 0.1) is 12.7 Å². The first kappa shape index (κ1) is 16.2. The summed E-state index contributed by atoms with van der Waals surface area (Å²) in [6, 6.07) is -0.365. The quantitative estimate of drug-likeness (QED) is 0.569. The number of hydrogen-bond donors (Lipinski definition) is 4. The molecular weight excluding hydrogens is 345 g/mol. The lowest BCUT2D eigenvalue weighted by atomic mass is 10.0. The fraction of sp³-hybridized carbons (Fsp3) is 0.375. The number of aromatic hydroxyl groups is 1. The maximum atomic E-state index is 14.9. The van der Waals surface area contributed by atoms with Crippen molar-refractivity contribution in [2.75, 3.05) is 18.5 Å². The number of aromatic amines is 1. The zero-order chi connectivity index (χ0) is 17.6. The van der Waals surface area contributed by atoms with E-state index >= 15 is 0 Å². The number of fused-ring (bicyclic) bond motifs is 1. The van der Waals surface area contributed by atoms with Crippen LogP contribution in [0.25, 0.3) is 21.3 Å². The van der Waals surface area contributed by atoms with Gasteiger partial charge >= 0.3 is 0 Å². The Morgan fingerprint density at radius 3 is 3.08 bits per heavy atom. The summed E-state index contributed by atoms with van der Waals surface area (Å²) in [7, 11) is 0. The Balaban J connectivity index is 1.83. The van der Waals surface area contributed by atoms with Crippen molar-refractivity contribution in [1.29, 1.82) is 0 Å². The van der Waals surface area contributed by atoms with Crippen LogP contribution in [0.15, 0.2) is 12.4 Å². The Labute approximate surface area is 147 Å². The molecule has 0 aliphatic carbocycles. The SMILES string of the molecule is Cc1ncc(-c2nc(N[C@@H]3CCOC[C@@H]3N)c(F)c3c[nH]c(O)c23)s1. The van der Waals surface area contributed by atoms with Crippen LogP contribution in [0.3, 0.4) is 0 Å². The molecule has 4 rings (SSSR count). The van der Waals surface area contributed by atoms with E-state index in [0.717, 1.165) is 9.88 Å². The van der Waals surface area contributed by atoms with Crippen LogP contribution in [-0.2, 0) is 4.74 Å². The van der Waals surface area contributed by atoms with E-state index in [9.17, 15) is 9.50 Å². The number of aryl methyl sites for hydroxylation is 1. The second kappa shape index (κ2) is 6.25. The van der Waals surface area contributed by atoms with Gasteiger partial charge in [-0.25, -0.2) is 14.4 Å². The van der Waals surface area contributed by atoms with Gasteiger partial charge in [-0.05, 0) is 13.3 Å². The maximum absolute atomic E-state index is 14.9. The fourth-order valence-electron chi connectivity index (χ4n) is 3.03. The summed E-state index contributed by atoms with van der Waals surface area (Å²) in [5.41, 5.74) is 6.54. The number of nitrogens with one attached hydrogen (secondary N) is 2. The van der Waals surface area contributed by atoms with Crippen LogP contribution >= 0.6 is 11.3 Å². The molecule has 0 amide bonds. The fourth-order valence-corrected chi connectivity index (χ4v) is 3.80. The Morgan fingerprint density at radius 2 is 2.36 bits per heavy atom. The third-order valence-corrected chi connectivity index (χ3v) is 5.26. The predicted molar refractivity (Wildman–Crippen MR) is 94.4 cm³/mol. The molecule has 4 heterocycles. The molecule has 1 fully saturated rings. The van der Waals surface area contributed by atoms with E-state index in [-0.39, 0.29) is 29.2 Å². The summed E-state index contributed by atoms with van der Waals surface area (Å²) in [6.45, 7) is 2.88. The minimum atomic E-state index is -0.518. The van der Waals surface area contributed by atoms with Gasteiger partial charge in [0.1, 0.15) is 0 Å². The molecule has 1 aliphatic heterocycles. The smallest absolute Gasteiger partial charge is 0.198 e. The second-order valence-corrected chi connectivity index (χ2v) is 7.31. The van der Waals surface area contributed by atoms with Crippen LogP contribution < -0.4 is 11.1 Å². The number of hydrogen-bond acceptors (Lipinski definition) is 7. The summed E-state index contributed by atoms with van der Waals surface area (Å²) in [5, 5.41) is 14.7. The molecule has 1 saturated heterocycles. The molecule has 0 bridgehead atoms. The summed E-state index contributed by atoms with van der Waals surface area (Å²) >= 11 is 1.44. The van der Waals surface area contributed by atoms with Crippen molar-refractivity contribution in [1.82, 2.24) is 15.0 Å². The Morgan fingerprint density at radius 1 is 1.52 bits per heavy atom. The minimum Gasteiger partial charge on any atom is -0.494 e. The predicted octanol–water partition coefficient (Wildman–Crippen LogP) is 2.37. The first-order valence-corrected chi connectivity index (χ1v) is 8.78. The van der Waals surface area contributed by atoms with Gasteiger partial charge in [0.2, 0.25) is 0 Å². The highest BCUT2D eigenvalue weighted by Gasteiger charge is 2.26. The third kappa shape index (κ3) is 2.84. The van der Waals surface area contributed by atoms with Crippen molar-refractivity contribution in [3.63, 3.8) is 0 Å². The van der Waals surface area contributed by atoms with Crippen LogP contribution in [0.5, 0.6) is 5.88 Å². The molecule has 1 aliphatic rings. The number of rotatable bonds is 3. The minimum absolute atomic E-state index is 0.114. The van der Waals surface area contributed by atoms with Crippen LogP contribution in [-0.4, -0.2) is 45.4 Å². The molecule has 25 heavy (non-hydrogen) atoms. The number of nitrogens with two attached hydrogens (primary N) is 1. The lowest BCUT2D eigenvalue weighted by Crippen LogP contribution is -2.47. The van der Waals surface area contributed by atoms with Crippen molar-refractivity contribution < 1.29 is 14.2 Å². The van der Waals surface area contributed by atoms with E-state index < -0.39 is 5.82 Å². The molecule has 0 radical (unpaired) electrons. The summed E-state index contributed by atoms with van der Waals surface area (Å²) in [4.78, 5) is 12.1. The van der Waals surface area contributed by atoms with Gasteiger partial charge in [0.05, 0.1) is 27.6 Å². The summed E-state index contributed by atoms with van der Waals surface area (Å²) in [5.74, 6) is -0.512. The van der Waals surface area contributed by atoms with Crippen molar-refractivity contribution in [2.24, 2.45) is 5.73 Å². The van der Waals surface area contributed by atoms with E-state index in [1.165, 1.54) is 17.5 Å². The number of thiazole rings is 1. The standard InChI is InChI=1S/C16H18FN5O2S/c1-7-19-5-11(25-7)14-12-8(4-20-16(12)23)13(17)15(22-14)21-10-2-3-24-6-9(10)18/h4-5,9-10,20-21,23H,2-3,6,18H2,1H3/t9-,10+/m0/s1. The first-order valence-electron chi connectivity index (χ1n) is 7.97. The number of H-pyrrole nitrogens is 1. The average molecular weight is 363 g/mol. The lowest BCUT2D eigenvalue weighted by molar-refractivity contribution is 0.0751. The number of anilines is 1. The molecule has 3 aromatic heterocycles. The normalized spacial score (nSPS) is 20.9. The number of nitrogens with zero attached hydrogens (tertiary/aromatic N) is 2. The summed E-state index contributed by atoms with van der Waals surface area (Å²) in [6.07, 6.45) is 3.79. The monoisotopic (exact) mass is 363 g/mol. The highest BCUT2D eigenvalue weighted by atomic mass is 32.1. The average Bonchev–Trinajstić information content (AvgIpc) is 3.19. The van der Waals surface area contributed by atoms with Crippen LogP contribution in [0.2, 0.25) is 0 Å². The number of aromatic nitrogens is 3. The molecule has 7 nitrogen and oxygen atoms in total. The van der Waals surface area contributed by atoms with Gasteiger partial charge in [-0.1, -0.05) is 0 Å². The zero-order valence-electron chi connectivity index (χ0n) is 13.5. The van der Waals surface area contributed by atoms with Gasteiger partial charge in [0.25, 0.3) is 0 Å². The van der Waals surface area contributed by atoms with E-state index in [4.69, 9.17) is 10.5 Å². The Bertz CT molecular complexity index is 925. The first-order chi connectivity index (χ1) is 12.0. The maximum Gasteiger partial charge on any atom is 0.198 e. The molecule has 3 aromatic rings. The molecule has 5 N–H and O–H groups in total. The molecular formula is C16H18FN5O2S. The molecule has 0 spiro atoms. The van der Waals surface area contributed by atoms with Gasteiger partial charge in [-0.2, -0.15) is 0 Å². The van der Waals surface area contributed by atoms with Crippen molar-refractivity contribution in [2.45, 2.75) is 25.4 Å². The number of ether oxygens (including phenoxy) is 1. The molecule has 0 saturated carbocycles. The molecule has 9 heteroatoms. The van der Waals surface area contributed by atoms with E-state index in [0.29, 0.717) is 30.7 Å². The van der Waals surface area contributed by atoms with Crippen LogP contribution in [0.4, 0.5) is 10.2 Å². The van der Waals surface area contributed by atoms with Gasteiger partial charge < -0.3 is 25.9 Å². The van der Waals surface area contributed by atoms with E-state index in [1.807, 2.05) is 6.92 Å². The highest BCUT2D eigenvalue weighted by molar-refractivity contribution is 7.15. The van der Waals surface area contributed by atoms with Crippen molar-refractivity contribution in [3.05, 3.63) is 23.2 Å². The number of pyridine rings is 1. The van der Waals surface area contributed by atoms with Crippen molar-refractivity contribution >= 4 is 27.9 Å². The third-order valence-electron chi connectivity index (χ3n) is 4.34. The molecule has 0 aromatic carbocycles. The topological polar surface area (TPSA) is 109 Å². The van der Waals surface area contributed by atoms with E-state index in [2.05, 4.69) is 20.3 Å². The van der Waals surface area contributed by atoms with Gasteiger partial charge in [-0.15, -0.1) is 11.3 Å². The van der Waals surface area contributed by atoms with E-state index in [1.54, 1.807) is 6.20 Å². The largest absolute Gasteiger partial charge is 0.494 e. The van der Waals surface area contributed by atoms with Crippen LogP contribution in [0.1, 0.15) is 11.4 Å². The Kier molecular flexibility index (Phi) is 4.06. The highest BCUT2D eigenvalue weighted by Crippen LogP contribution is 2.39. The zero-order valence-corrected chi connectivity index (χ0v) is 14.4. The molecule has 2 atom stereocenters. The summed E-state index contributed by atoms with van der Waals surface area (Å²) < 4.78 is 20.3.